The number of rotatable bonds is 4. The van der Waals surface area contributed by atoms with E-state index in [0.717, 1.165) is 11.4 Å². The van der Waals surface area contributed by atoms with Gasteiger partial charge in [-0.2, -0.15) is 11.8 Å². The lowest BCUT2D eigenvalue weighted by molar-refractivity contribution is 0.100. The van der Waals surface area contributed by atoms with Crippen molar-refractivity contribution in [2.24, 2.45) is 5.73 Å². The van der Waals surface area contributed by atoms with E-state index >= 15 is 0 Å². The quantitative estimate of drug-likeness (QED) is 0.813. The minimum Gasteiger partial charge on any atom is -0.382 e. The van der Waals surface area contributed by atoms with Gasteiger partial charge < -0.3 is 11.5 Å². The third kappa shape index (κ3) is 2.62. The predicted molar refractivity (Wildman–Crippen MR) is 61.7 cm³/mol. The summed E-state index contributed by atoms with van der Waals surface area (Å²) >= 11 is 3.04. The maximum absolute atomic E-state index is 10.9. The summed E-state index contributed by atoms with van der Waals surface area (Å²) in [5.41, 5.74) is 10.7. The van der Waals surface area contributed by atoms with E-state index < -0.39 is 5.91 Å². The molecule has 0 aliphatic heterocycles. The number of aromatic nitrogens is 1. The first-order valence-corrected chi connectivity index (χ1v) is 6.22. The van der Waals surface area contributed by atoms with Gasteiger partial charge in [0.1, 0.15) is 10.7 Å². The van der Waals surface area contributed by atoms with Crippen molar-refractivity contribution in [2.75, 3.05) is 12.0 Å². The van der Waals surface area contributed by atoms with E-state index in [1.54, 1.807) is 11.8 Å². The van der Waals surface area contributed by atoms with E-state index in [9.17, 15) is 4.79 Å². The van der Waals surface area contributed by atoms with E-state index in [-0.39, 0.29) is 5.82 Å². The summed E-state index contributed by atoms with van der Waals surface area (Å²) in [6.07, 6.45) is 2.86. The van der Waals surface area contributed by atoms with Gasteiger partial charge in [-0.15, -0.1) is 11.3 Å². The van der Waals surface area contributed by atoms with Crippen LogP contribution in [0.4, 0.5) is 5.82 Å². The Morgan fingerprint density at radius 3 is 2.79 bits per heavy atom. The van der Waals surface area contributed by atoms with E-state index in [1.165, 1.54) is 11.3 Å². The number of primary amides is 1. The topological polar surface area (TPSA) is 82.0 Å². The zero-order valence-corrected chi connectivity index (χ0v) is 9.74. The fraction of sp³-hybridized carbons (Fsp3) is 0.500. The number of hydrogen-bond donors (Lipinski definition) is 2. The molecule has 1 rings (SSSR count). The minimum absolute atomic E-state index is 0.255. The predicted octanol–water partition coefficient (Wildman–Crippen LogP) is 1.12. The maximum atomic E-state index is 10.9. The molecule has 0 radical (unpaired) electrons. The molecule has 0 aromatic carbocycles. The zero-order valence-electron chi connectivity index (χ0n) is 8.11. The molecule has 1 aromatic rings. The Morgan fingerprint density at radius 1 is 1.71 bits per heavy atom. The Morgan fingerprint density at radius 2 is 2.36 bits per heavy atom. The molecule has 1 unspecified atom stereocenters. The van der Waals surface area contributed by atoms with E-state index in [2.05, 4.69) is 11.9 Å². The van der Waals surface area contributed by atoms with Crippen molar-refractivity contribution < 1.29 is 4.79 Å². The lowest BCUT2D eigenvalue weighted by atomic mass is 10.3. The normalized spacial score (nSPS) is 12.7. The third-order valence-electron chi connectivity index (χ3n) is 1.79. The molecule has 0 bridgehead atoms. The molecule has 78 valence electrons. The van der Waals surface area contributed by atoms with E-state index in [0.29, 0.717) is 10.1 Å². The lowest BCUT2D eigenvalue weighted by Crippen LogP contribution is -2.10. The second kappa shape index (κ2) is 4.65. The molecule has 0 aliphatic carbocycles. The van der Waals surface area contributed by atoms with E-state index in [1.807, 2.05) is 6.26 Å². The first-order valence-electron chi connectivity index (χ1n) is 4.12. The van der Waals surface area contributed by atoms with Crippen molar-refractivity contribution in [3.8, 4) is 0 Å². The van der Waals surface area contributed by atoms with Crippen LogP contribution in [0.2, 0.25) is 0 Å². The molecule has 0 saturated carbocycles. The minimum atomic E-state index is -0.497. The van der Waals surface area contributed by atoms with Gasteiger partial charge in [0.25, 0.3) is 5.91 Å². The van der Waals surface area contributed by atoms with Crippen molar-refractivity contribution in [1.82, 2.24) is 4.98 Å². The SMILES string of the molecule is CSC(C)Cc1nc(N)c(C(N)=O)s1. The molecule has 14 heavy (non-hydrogen) atoms. The van der Waals surface area contributed by atoms with Crippen molar-refractivity contribution in [2.45, 2.75) is 18.6 Å². The molecule has 0 spiro atoms. The summed E-state index contributed by atoms with van der Waals surface area (Å²) in [4.78, 5) is 15.4. The van der Waals surface area contributed by atoms with Gasteiger partial charge in [-0.1, -0.05) is 6.92 Å². The monoisotopic (exact) mass is 231 g/mol. The van der Waals surface area contributed by atoms with Crippen LogP contribution >= 0.6 is 23.1 Å². The second-order valence-corrected chi connectivity index (χ2v) is 5.30. The molecule has 1 amide bonds. The van der Waals surface area contributed by atoms with Crippen molar-refractivity contribution in [3.63, 3.8) is 0 Å². The summed E-state index contributed by atoms with van der Waals surface area (Å²) in [5, 5.41) is 1.35. The Hall–Kier alpha value is -0.750. The van der Waals surface area contributed by atoms with Gasteiger partial charge in [0.15, 0.2) is 0 Å². The number of carbonyl (C=O) groups excluding carboxylic acids is 1. The lowest BCUT2D eigenvalue weighted by Gasteiger charge is -2.03. The number of amides is 1. The Balaban J connectivity index is 2.81. The first-order chi connectivity index (χ1) is 6.54. The molecule has 0 fully saturated rings. The summed E-state index contributed by atoms with van der Waals surface area (Å²) in [6, 6.07) is 0. The number of hydrogen-bond acceptors (Lipinski definition) is 5. The van der Waals surface area contributed by atoms with Crippen LogP contribution in [0.25, 0.3) is 0 Å². The van der Waals surface area contributed by atoms with Crippen LogP contribution in [-0.2, 0) is 6.42 Å². The largest absolute Gasteiger partial charge is 0.382 e. The molecule has 4 N–H and O–H groups in total. The molecule has 6 heteroatoms. The van der Waals surface area contributed by atoms with Crippen LogP contribution in [0.5, 0.6) is 0 Å². The molecule has 4 nitrogen and oxygen atoms in total. The van der Waals surface area contributed by atoms with Gasteiger partial charge in [-0.05, 0) is 6.26 Å². The number of thioether (sulfide) groups is 1. The number of carbonyl (C=O) groups is 1. The average Bonchev–Trinajstić information content (AvgIpc) is 2.46. The van der Waals surface area contributed by atoms with Crippen LogP contribution in [0, 0.1) is 0 Å². The molecule has 0 aliphatic rings. The smallest absolute Gasteiger partial charge is 0.262 e. The fourth-order valence-electron chi connectivity index (χ4n) is 0.971. The Labute approximate surface area is 91.1 Å². The molecular weight excluding hydrogens is 218 g/mol. The first kappa shape index (κ1) is 11.3. The summed E-state index contributed by atoms with van der Waals surface area (Å²) in [6.45, 7) is 2.10. The van der Waals surface area contributed by atoms with Gasteiger partial charge in [0, 0.05) is 11.7 Å². The van der Waals surface area contributed by atoms with E-state index in [4.69, 9.17) is 11.5 Å². The highest BCUT2D eigenvalue weighted by Crippen LogP contribution is 2.23. The van der Waals surface area contributed by atoms with Crippen molar-refractivity contribution in [3.05, 3.63) is 9.88 Å². The standard InChI is InChI=1S/C8H13N3OS2/c1-4(13-2)3-5-11-7(9)6(14-5)8(10)12/h4H,3,9H2,1-2H3,(H2,10,12). The fourth-order valence-corrected chi connectivity index (χ4v) is 2.36. The number of nitrogens with two attached hydrogens (primary N) is 2. The van der Waals surface area contributed by atoms with Gasteiger partial charge in [0.05, 0.1) is 5.01 Å². The van der Waals surface area contributed by atoms with Crippen molar-refractivity contribution >= 4 is 34.8 Å². The number of nitrogen functional groups attached to an aromatic ring is 1. The van der Waals surface area contributed by atoms with Gasteiger partial charge in [0.2, 0.25) is 0 Å². The Bertz CT molecular complexity index is 337. The van der Waals surface area contributed by atoms with Crippen LogP contribution in [0.1, 0.15) is 21.6 Å². The van der Waals surface area contributed by atoms with Crippen LogP contribution in [0.15, 0.2) is 0 Å². The highest BCUT2D eigenvalue weighted by Gasteiger charge is 2.14. The molecular formula is C8H13N3OS2. The number of nitrogens with zero attached hydrogens (tertiary/aromatic N) is 1. The van der Waals surface area contributed by atoms with Crippen LogP contribution in [0.3, 0.4) is 0 Å². The van der Waals surface area contributed by atoms with Crippen LogP contribution < -0.4 is 11.5 Å². The zero-order chi connectivity index (χ0) is 10.7. The van der Waals surface area contributed by atoms with Gasteiger partial charge >= 0.3 is 0 Å². The number of anilines is 1. The summed E-state index contributed by atoms with van der Waals surface area (Å²) in [7, 11) is 0. The van der Waals surface area contributed by atoms with Gasteiger partial charge in [-0.3, -0.25) is 4.79 Å². The van der Waals surface area contributed by atoms with Crippen LogP contribution in [-0.4, -0.2) is 22.4 Å². The van der Waals surface area contributed by atoms with Crippen molar-refractivity contribution in [1.29, 1.82) is 0 Å². The van der Waals surface area contributed by atoms with Gasteiger partial charge in [-0.25, -0.2) is 4.98 Å². The molecule has 1 heterocycles. The number of thiazole rings is 1. The highest BCUT2D eigenvalue weighted by molar-refractivity contribution is 7.99. The molecule has 0 saturated heterocycles. The summed E-state index contributed by atoms with van der Waals surface area (Å²) < 4.78 is 0. The second-order valence-electron chi connectivity index (χ2n) is 2.94. The maximum Gasteiger partial charge on any atom is 0.262 e. The Kier molecular flexibility index (Phi) is 3.77. The average molecular weight is 231 g/mol. The highest BCUT2D eigenvalue weighted by atomic mass is 32.2. The molecule has 1 atom stereocenters. The summed E-state index contributed by atoms with van der Waals surface area (Å²) in [5.74, 6) is -0.242. The third-order valence-corrected chi connectivity index (χ3v) is 3.87. The molecule has 1 aromatic heterocycles.